The molecule has 0 aliphatic carbocycles. The number of fused-ring (bicyclic) bond motifs is 1. The number of amides is 1. The lowest BCUT2D eigenvalue weighted by atomic mass is 10.1. The van der Waals surface area contributed by atoms with E-state index in [2.05, 4.69) is 33.7 Å². The number of carbonyl (C=O) groups is 1. The molecule has 2 aliphatic heterocycles. The van der Waals surface area contributed by atoms with Crippen molar-refractivity contribution >= 4 is 11.6 Å². The molecule has 1 amide bonds. The fraction of sp³-hybridized carbons (Fsp3) is 0.632. The highest BCUT2D eigenvalue weighted by molar-refractivity contribution is 6.00. The molecule has 0 aromatic carbocycles. The highest BCUT2D eigenvalue weighted by Crippen LogP contribution is 2.21. The van der Waals surface area contributed by atoms with E-state index in [1.54, 1.807) is 10.7 Å². The van der Waals surface area contributed by atoms with Crippen molar-refractivity contribution in [3.05, 3.63) is 29.7 Å². The van der Waals surface area contributed by atoms with Gasteiger partial charge in [-0.1, -0.05) is 13.8 Å². The third kappa shape index (κ3) is 3.69. The van der Waals surface area contributed by atoms with Crippen molar-refractivity contribution in [2.45, 2.75) is 26.4 Å². The molecule has 2 aliphatic rings. The third-order valence-corrected chi connectivity index (χ3v) is 5.65. The number of carbonyl (C=O) groups excluding carboxylic acids is 1. The lowest BCUT2D eigenvalue weighted by Gasteiger charge is -2.46. The molecule has 8 nitrogen and oxygen atoms in total. The molecule has 2 aromatic rings. The maximum absolute atomic E-state index is 12.9. The monoisotopic (exact) mass is 372 g/mol. The average Bonchev–Trinajstić information content (AvgIpc) is 3.09. The summed E-state index contributed by atoms with van der Waals surface area (Å²) < 4.78 is 7.13. The van der Waals surface area contributed by atoms with Crippen LogP contribution in [0.3, 0.4) is 0 Å². The molecule has 0 saturated carbocycles. The smallest absolute Gasteiger partial charge is 0.259 e. The van der Waals surface area contributed by atoms with E-state index in [4.69, 9.17) is 4.74 Å². The van der Waals surface area contributed by atoms with E-state index < -0.39 is 0 Å². The van der Waals surface area contributed by atoms with Crippen LogP contribution in [0.1, 0.15) is 29.8 Å². The standard InChI is InChI=1S/C19H28N6O2/c1-3-22(4-2)11-15-9-20-18-17(10-21-25(18)12-15)19(26)24-13-16(14-24)23-5-7-27-8-6-23/h9-10,12,16H,3-8,11,13-14H2,1-2H3. The predicted octanol–water partition coefficient (Wildman–Crippen LogP) is 0.728. The molecule has 4 heterocycles. The summed E-state index contributed by atoms with van der Waals surface area (Å²) in [5.74, 6) is 0.0264. The minimum Gasteiger partial charge on any atom is -0.379 e. The summed E-state index contributed by atoms with van der Waals surface area (Å²) in [6.07, 6.45) is 5.48. The van der Waals surface area contributed by atoms with Gasteiger partial charge in [0.05, 0.1) is 19.4 Å². The number of hydrogen-bond acceptors (Lipinski definition) is 6. The highest BCUT2D eigenvalue weighted by atomic mass is 16.5. The lowest BCUT2D eigenvalue weighted by Crippen LogP contribution is -2.62. The Labute approximate surface area is 159 Å². The molecule has 0 unspecified atom stereocenters. The zero-order valence-electron chi connectivity index (χ0n) is 16.2. The Bertz CT molecular complexity index is 791. The molecule has 0 radical (unpaired) electrons. The van der Waals surface area contributed by atoms with Crippen LogP contribution in [0.4, 0.5) is 0 Å². The molecule has 0 bridgehead atoms. The van der Waals surface area contributed by atoms with Crippen LogP contribution in [0.5, 0.6) is 0 Å². The van der Waals surface area contributed by atoms with Crippen LogP contribution in [-0.2, 0) is 11.3 Å². The molecule has 27 heavy (non-hydrogen) atoms. The first-order valence-electron chi connectivity index (χ1n) is 9.85. The first-order chi connectivity index (χ1) is 13.2. The zero-order valence-corrected chi connectivity index (χ0v) is 16.2. The maximum atomic E-state index is 12.9. The first kappa shape index (κ1) is 18.3. The van der Waals surface area contributed by atoms with Gasteiger partial charge in [-0.3, -0.25) is 14.6 Å². The van der Waals surface area contributed by atoms with Crippen molar-refractivity contribution in [3.8, 4) is 0 Å². The number of rotatable bonds is 6. The number of hydrogen-bond donors (Lipinski definition) is 0. The zero-order chi connectivity index (χ0) is 18.8. The number of aromatic nitrogens is 3. The third-order valence-electron chi connectivity index (χ3n) is 5.65. The highest BCUT2D eigenvalue weighted by Gasteiger charge is 2.36. The van der Waals surface area contributed by atoms with Crippen LogP contribution in [0.25, 0.3) is 5.65 Å². The Morgan fingerprint density at radius 1 is 1.22 bits per heavy atom. The second kappa shape index (κ2) is 7.92. The van der Waals surface area contributed by atoms with Gasteiger partial charge in [0.1, 0.15) is 5.56 Å². The Balaban J connectivity index is 1.42. The van der Waals surface area contributed by atoms with Crippen molar-refractivity contribution in [3.63, 3.8) is 0 Å². The Kier molecular flexibility index (Phi) is 5.38. The van der Waals surface area contributed by atoms with Crippen molar-refractivity contribution in [1.29, 1.82) is 0 Å². The maximum Gasteiger partial charge on any atom is 0.259 e. The molecule has 4 rings (SSSR count). The van der Waals surface area contributed by atoms with Gasteiger partial charge in [0.15, 0.2) is 5.65 Å². The summed E-state index contributed by atoms with van der Waals surface area (Å²) in [4.78, 5) is 24.0. The molecule has 146 valence electrons. The number of nitrogens with zero attached hydrogens (tertiary/aromatic N) is 6. The predicted molar refractivity (Wildman–Crippen MR) is 102 cm³/mol. The summed E-state index contributed by atoms with van der Waals surface area (Å²) in [5, 5.41) is 4.37. The fourth-order valence-corrected chi connectivity index (χ4v) is 3.82. The van der Waals surface area contributed by atoms with Gasteiger partial charge in [-0.15, -0.1) is 0 Å². The Morgan fingerprint density at radius 3 is 2.67 bits per heavy atom. The number of ether oxygens (including phenoxy) is 1. The largest absolute Gasteiger partial charge is 0.379 e. The van der Waals surface area contributed by atoms with Crippen LogP contribution >= 0.6 is 0 Å². The van der Waals surface area contributed by atoms with Crippen molar-refractivity contribution in [2.75, 3.05) is 52.5 Å². The first-order valence-corrected chi connectivity index (χ1v) is 9.85. The van der Waals surface area contributed by atoms with Gasteiger partial charge in [0.25, 0.3) is 5.91 Å². The summed E-state index contributed by atoms with van der Waals surface area (Å²) in [7, 11) is 0. The SMILES string of the molecule is CCN(CC)Cc1cnc2c(C(=O)N3CC(N4CCOCC4)C3)cnn2c1. The van der Waals surface area contributed by atoms with Crippen LogP contribution in [-0.4, -0.2) is 93.7 Å². The van der Waals surface area contributed by atoms with Gasteiger partial charge < -0.3 is 9.64 Å². The molecule has 0 atom stereocenters. The molecular formula is C19H28N6O2. The fourth-order valence-electron chi connectivity index (χ4n) is 3.82. The van der Waals surface area contributed by atoms with E-state index in [-0.39, 0.29) is 5.91 Å². The summed E-state index contributed by atoms with van der Waals surface area (Å²) in [6.45, 7) is 12.2. The second-order valence-corrected chi connectivity index (χ2v) is 7.26. The van der Waals surface area contributed by atoms with E-state index >= 15 is 0 Å². The van der Waals surface area contributed by atoms with Gasteiger partial charge in [0.2, 0.25) is 0 Å². The van der Waals surface area contributed by atoms with Crippen LogP contribution in [0.15, 0.2) is 18.6 Å². The summed E-state index contributed by atoms with van der Waals surface area (Å²) in [5.41, 5.74) is 2.33. The van der Waals surface area contributed by atoms with Gasteiger partial charge in [-0.05, 0) is 13.1 Å². The van der Waals surface area contributed by atoms with Crippen molar-refractivity contribution in [1.82, 2.24) is 29.3 Å². The van der Waals surface area contributed by atoms with Crippen molar-refractivity contribution < 1.29 is 9.53 Å². The van der Waals surface area contributed by atoms with E-state index in [0.717, 1.165) is 64.6 Å². The second-order valence-electron chi connectivity index (χ2n) is 7.26. The van der Waals surface area contributed by atoms with Gasteiger partial charge in [-0.2, -0.15) is 5.10 Å². The van der Waals surface area contributed by atoms with Crippen LogP contribution < -0.4 is 0 Å². The molecule has 2 fully saturated rings. The van der Waals surface area contributed by atoms with Gasteiger partial charge >= 0.3 is 0 Å². The molecule has 0 spiro atoms. The topological polar surface area (TPSA) is 66.2 Å². The quantitative estimate of drug-likeness (QED) is 0.745. The molecule has 2 saturated heterocycles. The number of morpholine rings is 1. The van der Waals surface area contributed by atoms with Gasteiger partial charge in [-0.25, -0.2) is 9.50 Å². The van der Waals surface area contributed by atoms with Crippen molar-refractivity contribution in [2.24, 2.45) is 0 Å². The van der Waals surface area contributed by atoms with E-state index in [1.165, 1.54) is 0 Å². The minimum atomic E-state index is 0.0264. The number of likely N-dealkylation sites (tertiary alicyclic amines) is 1. The normalized spacial score (nSPS) is 19.0. The summed E-state index contributed by atoms with van der Waals surface area (Å²) >= 11 is 0. The van der Waals surface area contributed by atoms with Gasteiger partial charge in [0, 0.05) is 56.7 Å². The van der Waals surface area contributed by atoms with Crippen LogP contribution in [0, 0.1) is 0 Å². The molecule has 2 aromatic heterocycles. The summed E-state index contributed by atoms with van der Waals surface area (Å²) in [6, 6.07) is 0.452. The Hall–Kier alpha value is -2.03. The lowest BCUT2D eigenvalue weighted by molar-refractivity contribution is -0.0255. The average molecular weight is 372 g/mol. The van der Waals surface area contributed by atoms with E-state index in [1.807, 2.05) is 17.3 Å². The van der Waals surface area contributed by atoms with E-state index in [9.17, 15) is 4.79 Å². The molecule has 8 heteroatoms. The van der Waals surface area contributed by atoms with E-state index in [0.29, 0.717) is 17.3 Å². The Morgan fingerprint density at radius 2 is 1.96 bits per heavy atom. The molecular weight excluding hydrogens is 344 g/mol. The minimum absolute atomic E-state index is 0.0264. The van der Waals surface area contributed by atoms with Crippen LogP contribution in [0.2, 0.25) is 0 Å². The molecule has 0 N–H and O–H groups in total.